The molecule has 0 aromatic heterocycles. The smallest absolute Gasteiger partial charge is 0.0714 e. The molecule has 11 aromatic carbocycles. The van der Waals surface area contributed by atoms with E-state index in [0.29, 0.717) is 0 Å². The highest BCUT2D eigenvalue weighted by Crippen LogP contribution is 2.60. The fraction of sp³-hybridized carbons (Fsp3) is 0.132. The molecular formula is C76H63N. The van der Waals surface area contributed by atoms with E-state index in [2.05, 4.69) is 319 Å². The predicted octanol–water partition coefficient (Wildman–Crippen LogP) is 19.8. The summed E-state index contributed by atoms with van der Waals surface area (Å²) in [6.07, 6.45) is 0. The number of fused-ring (bicyclic) bond motifs is 6. The van der Waals surface area contributed by atoms with Crippen molar-refractivity contribution >= 4 is 17.1 Å². The zero-order valence-electron chi connectivity index (χ0n) is 44.9. The van der Waals surface area contributed by atoms with Gasteiger partial charge in [-0.3, -0.25) is 0 Å². The van der Waals surface area contributed by atoms with Crippen molar-refractivity contribution in [1.82, 2.24) is 0 Å². The van der Waals surface area contributed by atoms with Gasteiger partial charge in [-0.25, -0.2) is 0 Å². The van der Waals surface area contributed by atoms with Crippen LogP contribution in [-0.2, 0) is 21.7 Å². The van der Waals surface area contributed by atoms with E-state index < -0.39 is 10.8 Å². The molecule has 372 valence electrons. The second-order valence-electron chi connectivity index (χ2n) is 23.3. The molecule has 2 atom stereocenters. The summed E-state index contributed by atoms with van der Waals surface area (Å²) in [6.45, 7) is 13.8. The second-order valence-corrected chi connectivity index (χ2v) is 23.3. The molecular weight excluding hydrogens is 927 g/mol. The number of benzene rings is 11. The SMILES string of the molecule is CC(C)(C)c1ccc(C2(c3ccccc3)c3ccccc3-c3ccc(N(c4ccccc4)c4ccc5c(c4)C(c4ccc(-c6ccc(-c7ccccc7)cc6)cc4)(c4ccc(C(C)(C)C)cc4)c4ccccc4-5)cc32)cc1. The van der Waals surface area contributed by atoms with Gasteiger partial charge in [-0.1, -0.05) is 278 Å². The zero-order valence-corrected chi connectivity index (χ0v) is 44.9. The zero-order chi connectivity index (χ0) is 52.5. The second kappa shape index (κ2) is 18.5. The minimum Gasteiger partial charge on any atom is -0.310 e. The molecule has 0 spiro atoms. The van der Waals surface area contributed by atoms with Crippen LogP contribution in [0.25, 0.3) is 44.5 Å². The van der Waals surface area contributed by atoms with E-state index in [1.165, 1.54) is 100 Å². The van der Waals surface area contributed by atoms with Crippen molar-refractivity contribution in [2.45, 2.75) is 63.2 Å². The van der Waals surface area contributed by atoms with Gasteiger partial charge in [-0.15, -0.1) is 0 Å². The Morgan fingerprint density at radius 1 is 0.247 bits per heavy atom. The van der Waals surface area contributed by atoms with E-state index in [-0.39, 0.29) is 10.8 Å². The van der Waals surface area contributed by atoms with Crippen LogP contribution in [0.5, 0.6) is 0 Å². The van der Waals surface area contributed by atoms with Gasteiger partial charge in [0.2, 0.25) is 0 Å². The largest absolute Gasteiger partial charge is 0.310 e. The summed E-state index contributed by atoms with van der Waals surface area (Å²) in [5.41, 5.74) is 24.8. The first-order valence-electron chi connectivity index (χ1n) is 27.3. The van der Waals surface area contributed by atoms with Crippen molar-refractivity contribution in [1.29, 1.82) is 0 Å². The van der Waals surface area contributed by atoms with Crippen molar-refractivity contribution in [2.75, 3.05) is 4.90 Å². The highest BCUT2D eigenvalue weighted by Gasteiger charge is 2.48. The summed E-state index contributed by atoms with van der Waals surface area (Å²) in [7, 11) is 0. The lowest BCUT2D eigenvalue weighted by Gasteiger charge is -2.36. The molecule has 0 saturated heterocycles. The van der Waals surface area contributed by atoms with Gasteiger partial charge < -0.3 is 4.90 Å². The molecule has 0 saturated carbocycles. The molecule has 2 aliphatic carbocycles. The van der Waals surface area contributed by atoms with Crippen LogP contribution in [0.3, 0.4) is 0 Å². The molecule has 0 N–H and O–H groups in total. The number of para-hydroxylation sites is 1. The highest BCUT2D eigenvalue weighted by molar-refractivity contribution is 5.92. The number of nitrogens with zero attached hydrogens (tertiary/aromatic N) is 1. The summed E-state index contributed by atoms with van der Waals surface area (Å²) in [5.74, 6) is 0. The average Bonchev–Trinajstić information content (AvgIpc) is 4.08. The number of hydrogen-bond acceptors (Lipinski definition) is 1. The van der Waals surface area contributed by atoms with Crippen molar-refractivity contribution < 1.29 is 0 Å². The molecule has 1 heteroatoms. The lowest BCUT2D eigenvalue weighted by molar-refractivity contribution is 0.589. The average molecular weight is 990 g/mol. The van der Waals surface area contributed by atoms with Crippen molar-refractivity contribution in [3.8, 4) is 44.5 Å². The normalized spacial score (nSPS) is 16.3. The Kier molecular flexibility index (Phi) is 11.5. The Labute approximate surface area is 455 Å². The van der Waals surface area contributed by atoms with Crippen molar-refractivity contribution in [3.05, 3.63) is 329 Å². The van der Waals surface area contributed by atoms with Gasteiger partial charge in [-0.05, 0) is 147 Å². The molecule has 0 bridgehead atoms. The van der Waals surface area contributed by atoms with E-state index in [9.17, 15) is 0 Å². The van der Waals surface area contributed by atoms with Crippen LogP contribution in [0.2, 0.25) is 0 Å². The van der Waals surface area contributed by atoms with Gasteiger partial charge >= 0.3 is 0 Å². The first kappa shape index (κ1) is 47.9. The Morgan fingerprint density at radius 2 is 0.558 bits per heavy atom. The maximum atomic E-state index is 2.51. The van der Waals surface area contributed by atoms with Crippen LogP contribution in [0.1, 0.15) is 97.2 Å². The summed E-state index contributed by atoms with van der Waals surface area (Å²) < 4.78 is 0. The van der Waals surface area contributed by atoms with Crippen LogP contribution in [0.15, 0.2) is 273 Å². The lowest BCUT2D eigenvalue weighted by Crippen LogP contribution is -2.29. The van der Waals surface area contributed by atoms with Crippen LogP contribution in [0.4, 0.5) is 17.1 Å². The van der Waals surface area contributed by atoms with Crippen LogP contribution in [0, 0.1) is 0 Å². The Bertz CT molecular complexity index is 3930. The summed E-state index contributed by atoms with van der Waals surface area (Å²) in [5, 5.41) is 0. The number of rotatable bonds is 9. The summed E-state index contributed by atoms with van der Waals surface area (Å²) in [6, 6.07) is 103. The fourth-order valence-electron chi connectivity index (χ4n) is 12.9. The summed E-state index contributed by atoms with van der Waals surface area (Å²) >= 11 is 0. The quantitative estimate of drug-likeness (QED) is 0.139. The monoisotopic (exact) mass is 989 g/mol. The molecule has 0 fully saturated rings. The van der Waals surface area contributed by atoms with Gasteiger partial charge in [0, 0.05) is 17.1 Å². The summed E-state index contributed by atoms with van der Waals surface area (Å²) in [4.78, 5) is 2.49. The standard InChI is InChI=1S/C76H63N/c1-73(2,3)56-38-42-60(43-39-56)75(58-22-12-8-13-23-58)69-28-18-16-26-65(69)67-48-46-63(50-71(67)75)77(62-24-14-9-15-25-62)64-47-49-68-66-27-17-19-29-70(66)76(72(68)51-64,61-44-40-57(41-45-61)74(4,5)6)59-36-34-55(35-37-59)54-32-30-53(31-33-54)52-20-10-7-11-21-52/h7-51H,1-6H3. The minimum absolute atomic E-state index is 0.00342. The van der Waals surface area contributed by atoms with E-state index in [1.54, 1.807) is 0 Å². The van der Waals surface area contributed by atoms with Crippen LogP contribution >= 0.6 is 0 Å². The third-order valence-electron chi connectivity index (χ3n) is 16.8. The Hall–Kier alpha value is -8.78. The van der Waals surface area contributed by atoms with Gasteiger partial charge in [0.05, 0.1) is 10.8 Å². The Morgan fingerprint density at radius 3 is 0.974 bits per heavy atom. The van der Waals surface area contributed by atoms with Crippen molar-refractivity contribution in [2.24, 2.45) is 0 Å². The molecule has 11 aromatic rings. The molecule has 13 rings (SSSR count). The van der Waals surface area contributed by atoms with Crippen molar-refractivity contribution in [3.63, 3.8) is 0 Å². The van der Waals surface area contributed by atoms with E-state index >= 15 is 0 Å². The third-order valence-corrected chi connectivity index (χ3v) is 16.8. The van der Waals surface area contributed by atoms with Gasteiger partial charge in [0.1, 0.15) is 0 Å². The predicted molar refractivity (Wildman–Crippen MR) is 324 cm³/mol. The van der Waals surface area contributed by atoms with Gasteiger partial charge in [0.25, 0.3) is 0 Å². The molecule has 0 aliphatic heterocycles. The molecule has 0 amide bonds. The van der Waals surface area contributed by atoms with Crippen LogP contribution in [-0.4, -0.2) is 0 Å². The molecule has 0 heterocycles. The highest BCUT2D eigenvalue weighted by atomic mass is 15.1. The maximum absolute atomic E-state index is 2.51. The molecule has 77 heavy (non-hydrogen) atoms. The molecule has 2 aliphatic rings. The maximum Gasteiger partial charge on any atom is 0.0714 e. The Balaban J connectivity index is 1.02. The van der Waals surface area contributed by atoms with E-state index in [1.807, 2.05) is 0 Å². The third kappa shape index (κ3) is 7.82. The van der Waals surface area contributed by atoms with Gasteiger partial charge in [-0.2, -0.15) is 0 Å². The van der Waals surface area contributed by atoms with E-state index in [4.69, 9.17) is 0 Å². The minimum atomic E-state index is -0.627. The topological polar surface area (TPSA) is 3.24 Å². The van der Waals surface area contributed by atoms with E-state index in [0.717, 1.165) is 17.1 Å². The molecule has 2 unspecified atom stereocenters. The first-order chi connectivity index (χ1) is 37.4. The first-order valence-corrected chi connectivity index (χ1v) is 27.3. The molecule has 0 radical (unpaired) electrons. The van der Waals surface area contributed by atoms with Crippen LogP contribution < -0.4 is 4.90 Å². The number of anilines is 3. The number of hydrogen-bond donors (Lipinski definition) is 0. The van der Waals surface area contributed by atoms with Gasteiger partial charge in [0.15, 0.2) is 0 Å². The fourth-order valence-corrected chi connectivity index (χ4v) is 12.9. The molecule has 1 nitrogen and oxygen atoms in total. The lowest BCUT2D eigenvalue weighted by atomic mass is 9.67.